The molecular formula is C32H45N5O10. The predicted molar refractivity (Wildman–Crippen MR) is 169 cm³/mol. The number of H-pyrrole nitrogens is 1. The van der Waals surface area contributed by atoms with Crippen molar-refractivity contribution in [2.75, 3.05) is 19.7 Å². The highest BCUT2D eigenvalue weighted by Gasteiger charge is 2.44. The number of aromatic nitrogens is 2. The number of aliphatic hydroxyl groups excluding tert-OH is 2. The van der Waals surface area contributed by atoms with Gasteiger partial charge in [0.05, 0.1) is 13.2 Å². The molecule has 3 amide bonds. The zero-order valence-corrected chi connectivity index (χ0v) is 27.1. The van der Waals surface area contributed by atoms with Crippen LogP contribution in [0.15, 0.2) is 52.2 Å². The van der Waals surface area contributed by atoms with Gasteiger partial charge in [0.25, 0.3) is 5.56 Å². The van der Waals surface area contributed by atoms with E-state index in [1.54, 1.807) is 6.92 Å². The minimum Gasteiger partial charge on any atom is -0.449 e. The lowest BCUT2D eigenvalue weighted by molar-refractivity contribution is -0.124. The van der Waals surface area contributed by atoms with Crippen LogP contribution in [0.1, 0.15) is 71.1 Å². The van der Waals surface area contributed by atoms with Crippen LogP contribution in [-0.2, 0) is 23.9 Å². The van der Waals surface area contributed by atoms with Crippen LogP contribution in [0.25, 0.3) is 0 Å². The molecule has 3 rings (SSSR count). The van der Waals surface area contributed by atoms with E-state index in [-0.39, 0.29) is 55.4 Å². The Kier molecular flexibility index (Phi) is 13.4. The first kappa shape index (κ1) is 37.1. The highest BCUT2D eigenvalue weighted by Crippen LogP contribution is 2.30. The average molecular weight is 660 g/mol. The summed E-state index contributed by atoms with van der Waals surface area (Å²) >= 11 is 0. The molecule has 2 aromatic rings. The Balaban J connectivity index is 1.51. The molecule has 0 saturated carbocycles. The van der Waals surface area contributed by atoms with E-state index < -0.39 is 60.4 Å². The van der Waals surface area contributed by atoms with Gasteiger partial charge >= 0.3 is 11.8 Å². The molecule has 6 unspecified atom stereocenters. The molecule has 0 aliphatic carbocycles. The SMILES string of the molecule is CCC(=O)NC(CCOC(=O)NCC(=O)NCC1OC(n2ccc(=O)[nH]c2=O)C(O)C1O)C(CC(=O)CC(C)(C)C)c1ccccc1. The van der Waals surface area contributed by atoms with Crippen molar-refractivity contribution < 1.29 is 38.9 Å². The molecule has 258 valence electrons. The molecule has 47 heavy (non-hydrogen) atoms. The highest BCUT2D eigenvalue weighted by atomic mass is 16.6. The van der Waals surface area contributed by atoms with E-state index in [9.17, 15) is 39.0 Å². The van der Waals surface area contributed by atoms with Crippen molar-refractivity contribution in [3.63, 3.8) is 0 Å². The number of ether oxygens (including phenoxy) is 2. The molecule has 0 radical (unpaired) electrons. The molecule has 0 spiro atoms. The molecule has 1 saturated heterocycles. The number of amides is 3. The molecular weight excluding hydrogens is 614 g/mol. The quantitative estimate of drug-likeness (QED) is 0.155. The number of aromatic amines is 1. The largest absolute Gasteiger partial charge is 0.449 e. The van der Waals surface area contributed by atoms with Crippen molar-refractivity contribution in [2.45, 2.75) is 89.9 Å². The lowest BCUT2D eigenvalue weighted by Crippen LogP contribution is -2.44. The van der Waals surface area contributed by atoms with Gasteiger partial charge in [-0.1, -0.05) is 58.0 Å². The van der Waals surface area contributed by atoms with Gasteiger partial charge in [0.1, 0.15) is 24.1 Å². The Morgan fingerprint density at radius 3 is 2.36 bits per heavy atom. The van der Waals surface area contributed by atoms with Gasteiger partial charge in [0, 0.05) is 56.5 Å². The molecule has 1 aliphatic heterocycles. The number of ketones is 1. The molecule has 0 bridgehead atoms. The summed E-state index contributed by atoms with van der Waals surface area (Å²) in [5.74, 6) is -1.15. The summed E-state index contributed by atoms with van der Waals surface area (Å²) in [6, 6.07) is 9.92. The fourth-order valence-electron chi connectivity index (χ4n) is 5.30. The number of Topliss-reactive ketones (excluding diaryl/α,β-unsaturated/α-hetero) is 1. The van der Waals surface area contributed by atoms with Crippen molar-refractivity contribution >= 4 is 23.7 Å². The van der Waals surface area contributed by atoms with Crippen molar-refractivity contribution in [1.29, 1.82) is 0 Å². The van der Waals surface area contributed by atoms with E-state index in [1.807, 2.05) is 56.1 Å². The molecule has 1 aromatic heterocycles. The number of nitrogens with one attached hydrogen (secondary N) is 4. The zero-order chi connectivity index (χ0) is 34.7. The number of nitrogens with zero attached hydrogens (tertiary/aromatic N) is 1. The fraction of sp³-hybridized carbons (Fsp3) is 0.562. The molecule has 15 heteroatoms. The molecule has 15 nitrogen and oxygen atoms in total. The number of aliphatic hydroxyl groups is 2. The van der Waals surface area contributed by atoms with Gasteiger partial charge in [-0.3, -0.25) is 28.7 Å². The summed E-state index contributed by atoms with van der Waals surface area (Å²) in [5, 5.41) is 28.4. The zero-order valence-electron chi connectivity index (χ0n) is 27.1. The average Bonchev–Trinajstić information content (AvgIpc) is 3.29. The third kappa shape index (κ3) is 11.4. The van der Waals surface area contributed by atoms with Gasteiger partial charge in [-0.25, -0.2) is 9.59 Å². The Morgan fingerprint density at radius 1 is 1.02 bits per heavy atom. The second-order valence-corrected chi connectivity index (χ2v) is 12.7. The Morgan fingerprint density at radius 2 is 1.72 bits per heavy atom. The smallest absolute Gasteiger partial charge is 0.407 e. The Bertz CT molecular complexity index is 1490. The number of carbonyl (C=O) groups excluding carboxylic acids is 4. The van der Waals surface area contributed by atoms with Crippen LogP contribution in [0.2, 0.25) is 0 Å². The first-order valence-electron chi connectivity index (χ1n) is 15.5. The van der Waals surface area contributed by atoms with Crippen LogP contribution >= 0.6 is 0 Å². The molecule has 1 aromatic carbocycles. The lowest BCUT2D eigenvalue weighted by atomic mass is 9.81. The van der Waals surface area contributed by atoms with Gasteiger partial charge in [-0.2, -0.15) is 0 Å². The van der Waals surface area contributed by atoms with Crippen LogP contribution in [0.3, 0.4) is 0 Å². The minimum atomic E-state index is -1.52. The number of carbonyl (C=O) groups is 4. The van der Waals surface area contributed by atoms with Gasteiger partial charge in [0.15, 0.2) is 6.23 Å². The summed E-state index contributed by atoms with van der Waals surface area (Å²) in [5.41, 5.74) is -0.813. The topological polar surface area (TPSA) is 218 Å². The van der Waals surface area contributed by atoms with E-state index in [4.69, 9.17) is 9.47 Å². The Labute approximate surface area is 272 Å². The summed E-state index contributed by atoms with van der Waals surface area (Å²) in [6.07, 6.45) is -4.11. The number of hydrogen-bond acceptors (Lipinski definition) is 10. The van der Waals surface area contributed by atoms with Crippen molar-refractivity contribution in [3.8, 4) is 0 Å². The molecule has 6 atom stereocenters. The van der Waals surface area contributed by atoms with Crippen LogP contribution in [-0.4, -0.2) is 87.5 Å². The van der Waals surface area contributed by atoms with E-state index in [0.29, 0.717) is 6.42 Å². The normalized spacial score (nSPS) is 20.6. The first-order valence-corrected chi connectivity index (χ1v) is 15.5. The van der Waals surface area contributed by atoms with Gasteiger partial charge in [0.2, 0.25) is 11.8 Å². The van der Waals surface area contributed by atoms with Crippen LogP contribution < -0.4 is 27.2 Å². The third-order valence-corrected chi connectivity index (χ3v) is 7.57. The molecule has 1 aliphatic rings. The Hall–Kier alpha value is -4.34. The highest BCUT2D eigenvalue weighted by molar-refractivity contribution is 5.82. The first-order chi connectivity index (χ1) is 22.2. The summed E-state index contributed by atoms with van der Waals surface area (Å²) in [6.45, 7) is 6.83. The number of alkyl carbamates (subject to hydrolysis) is 1. The maximum atomic E-state index is 13.0. The van der Waals surface area contributed by atoms with E-state index in [2.05, 4.69) is 16.0 Å². The van der Waals surface area contributed by atoms with E-state index >= 15 is 0 Å². The lowest BCUT2D eigenvalue weighted by Gasteiger charge is -2.29. The maximum absolute atomic E-state index is 13.0. The fourth-order valence-corrected chi connectivity index (χ4v) is 5.30. The second-order valence-electron chi connectivity index (χ2n) is 12.7. The second kappa shape index (κ2) is 17.0. The van der Waals surface area contributed by atoms with Crippen LogP contribution in [0, 0.1) is 5.41 Å². The minimum absolute atomic E-state index is 0.0534. The van der Waals surface area contributed by atoms with E-state index in [0.717, 1.165) is 22.4 Å². The number of rotatable bonds is 15. The predicted octanol–water partition coefficient (Wildman–Crippen LogP) is 0.462. The van der Waals surface area contributed by atoms with Crippen molar-refractivity contribution in [1.82, 2.24) is 25.5 Å². The number of hydrogen-bond donors (Lipinski definition) is 6. The van der Waals surface area contributed by atoms with Gasteiger partial charge in [-0.05, 0) is 11.0 Å². The molecule has 1 fully saturated rings. The summed E-state index contributed by atoms with van der Waals surface area (Å²) in [7, 11) is 0. The maximum Gasteiger partial charge on any atom is 0.407 e. The van der Waals surface area contributed by atoms with Crippen molar-refractivity contribution in [2.24, 2.45) is 5.41 Å². The summed E-state index contributed by atoms with van der Waals surface area (Å²) < 4.78 is 11.7. The van der Waals surface area contributed by atoms with Crippen LogP contribution in [0.5, 0.6) is 0 Å². The number of benzene rings is 1. The van der Waals surface area contributed by atoms with E-state index in [1.165, 1.54) is 0 Å². The molecule has 6 N–H and O–H groups in total. The standard InChI is InChI=1S/C32H45N5O10/c1-5-24(39)35-22(21(19-9-7-6-8-10-19)15-20(38)16-32(2,3)4)12-14-46-31(45)34-18-26(41)33-17-23-27(42)28(43)29(47-23)37-13-11-25(40)36-30(37)44/h6-11,13,21-23,27-29,42-43H,5,12,14-18H2,1-4H3,(H,33,41)(H,34,45)(H,35,39)(H,36,40,44). The van der Waals surface area contributed by atoms with Crippen LogP contribution in [0.4, 0.5) is 4.79 Å². The van der Waals surface area contributed by atoms with Crippen molar-refractivity contribution in [3.05, 3.63) is 69.0 Å². The summed E-state index contributed by atoms with van der Waals surface area (Å²) in [4.78, 5) is 75.6. The van der Waals surface area contributed by atoms with Gasteiger partial charge < -0.3 is 35.6 Å². The van der Waals surface area contributed by atoms with Gasteiger partial charge in [-0.15, -0.1) is 0 Å². The monoisotopic (exact) mass is 659 g/mol. The third-order valence-electron chi connectivity index (χ3n) is 7.57. The molecule has 2 heterocycles.